The van der Waals surface area contributed by atoms with E-state index in [1.165, 1.54) is 27.6 Å². The number of aromatic nitrogens is 1. The molecule has 0 spiro atoms. The summed E-state index contributed by atoms with van der Waals surface area (Å²) >= 11 is 0. The number of aryl methyl sites for hydroxylation is 1. The summed E-state index contributed by atoms with van der Waals surface area (Å²) in [6, 6.07) is 17.5. The van der Waals surface area contributed by atoms with Gasteiger partial charge in [0.25, 0.3) is 0 Å². The monoisotopic (exact) mass is 409 g/mol. The Balaban J connectivity index is 0.000000377. The van der Waals surface area contributed by atoms with Crippen LogP contribution in [0.1, 0.15) is 16.7 Å². The van der Waals surface area contributed by atoms with Crippen molar-refractivity contribution in [1.29, 1.82) is 0 Å². The lowest BCUT2D eigenvalue weighted by Crippen LogP contribution is -2.45. The number of carboxylic acid groups (broad SMARTS) is 2. The number of rotatable bonds is 4. The number of aromatic amines is 1. The number of fused-ring (bicyclic) bond motifs is 1. The Morgan fingerprint density at radius 2 is 1.53 bits per heavy atom. The first-order valence-electron chi connectivity index (χ1n) is 9.94. The van der Waals surface area contributed by atoms with E-state index in [1.54, 1.807) is 0 Å². The van der Waals surface area contributed by atoms with E-state index in [-0.39, 0.29) is 0 Å². The summed E-state index contributed by atoms with van der Waals surface area (Å²) in [7, 11) is 0. The van der Waals surface area contributed by atoms with Gasteiger partial charge in [0, 0.05) is 56.4 Å². The Morgan fingerprint density at radius 1 is 0.900 bits per heavy atom. The van der Waals surface area contributed by atoms with Crippen molar-refractivity contribution in [1.82, 2.24) is 14.8 Å². The van der Waals surface area contributed by atoms with Gasteiger partial charge in [-0.1, -0.05) is 48.0 Å². The van der Waals surface area contributed by atoms with Crippen molar-refractivity contribution in [3.63, 3.8) is 0 Å². The summed E-state index contributed by atoms with van der Waals surface area (Å²) in [6.07, 6.45) is 2.17. The van der Waals surface area contributed by atoms with E-state index < -0.39 is 11.9 Å². The van der Waals surface area contributed by atoms with Gasteiger partial charge >= 0.3 is 11.9 Å². The molecule has 1 aliphatic heterocycles. The van der Waals surface area contributed by atoms with Crippen molar-refractivity contribution in [3.05, 3.63) is 71.4 Å². The van der Waals surface area contributed by atoms with Crippen LogP contribution in [0.25, 0.3) is 10.9 Å². The molecule has 30 heavy (non-hydrogen) atoms. The molecule has 1 aromatic heterocycles. The van der Waals surface area contributed by atoms with Crippen molar-refractivity contribution in [2.75, 3.05) is 26.2 Å². The van der Waals surface area contributed by atoms with Crippen molar-refractivity contribution in [2.24, 2.45) is 0 Å². The number of nitrogens with zero attached hydrogens (tertiary/aromatic N) is 2. The van der Waals surface area contributed by atoms with Crippen LogP contribution in [0.2, 0.25) is 0 Å². The molecule has 0 bridgehead atoms. The van der Waals surface area contributed by atoms with Crippen LogP contribution in [-0.2, 0) is 22.7 Å². The highest BCUT2D eigenvalue weighted by molar-refractivity contribution is 6.27. The molecule has 0 unspecified atom stereocenters. The van der Waals surface area contributed by atoms with E-state index in [0.29, 0.717) is 0 Å². The zero-order chi connectivity index (χ0) is 21.5. The lowest BCUT2D eigenvalue weighted by Gasteiger charge is -2.34. The molecule has 0 aliphatic carbocycles. The molecule has 0 saturated carbocycles. The Kier molecular flexibility index (Phi) is 7.21. The zero-order valence-electron chi connectivity index (χ0n) is 17.0. The first-order chi connectivity index (χ1) is 14.4. The lowest BCUT2D eigenvalue weighted by molar-refractivity contribution is -0.159. The van der Waals surface area contributed by atoms with Crippen LogP contribution in [0.15, 0.2) is 54.7 Å². The average Bonchev–Trinajstić information content (AvgIpc) is 3.13. The summed E-state index contributed by atoms with van der Waals surface area (Å²) < 4.78 is 0. The average molecular weight is 409 g/mol. The number of piperazine rings is 1. The van der Waals surface area contributed by atoms with Gasteiger partial charge in [0.05, 0.1) is 0 Å². The second-order valence-corrected chi connectivity index (χ2v) is 7.51. The zero-order valence-corrected chi connectivity index (χ0v) is 17.0. The third-order valence-corrected chi connectivity index (χ3v) is 5.21. The summed E-state index contributed by atoms with van der Waals surface area (Å²) in [5.74, 6) is -3.65. The highest BCUT2D eigenvalue weighted by atomic mass is 16.4. The Bertz CT molecular complexity index is 994. The largest absolute Gasteiger partial charge is 0.473 e. The normalized spacial score (nSPS) is 14.8. The number of nitrogens with one attached hydrogen (secondary N) is 1. The maximum absolute atomic E-state index is 9.10. The predicted octanol–water partition coefficient (Wildman–Crippen LogP) is 2.95. The molecule has 0 radical (unpaired) electrons. The number of carboxylic acids is 2. The second kappa shape index (κ2) is 10.0. The molecule has 1 aliphatic rings. The third kappa shape index (κ3) is 5.92. The molecule has 2 heterocycles. The molecule has 7 nitrogen and oxygen atoms in total. The Hall–Kier alpha value is -3.16. The first-order valence-corrected chi connectivity index (χ1v) is 9.94. The molecule has 158 valence electrons. The summed E-state index contributed by atoms with van der Waals surface area (Å²) in [6.45, 7) is 8.87. The fourth-order valence-corrected chi connectivity index (χ4v) is 3.68. The van der Waals surface area contributed by atoms with Gasteiger partial charge in [0.2, 0.25) is 0 Å². The molecule has 3 aromatic rings. The number of benzene rings is 2. The van der Waals surface area contributed by atoms with Crippen LogP contribution in [0, 0.1) is 6.92 Å². The number of hydrogen-bond donors (Lipinski definition) is 3. The van der Waals surface area contributed by atoms with E-state index in [9.17, 15) is 0 Å². The number of para-hydroxylation sites is 1. The van der Waals surface area contributed by atoms with Gasteiger partial charge in [-0.15, -0.1) is 0 Å². The van der Waals surface area contributed by atoms with Gasteiger partial charge in [-0.05, 0) is 24.1 Å². The van der Waals surface area contributed by atoms with Crippen molar-refractivity contribution in [2.45, 2.75) is 20.0 Å². The predicted molar refractivity (Wildman–Crippen MR) is 115 cm³/mol. The molecule has 7 heteroatoms. The topological polar surface area (TPSA) is 96.9 Å². The van der Waals surface area contributed by atoms with Crippen LogP contribution in [-0.4, -0.2) is 63.1 Å². The minimum atomic E-state index is -1.82. The van der Waals surface area contributed by atoms with Crippen LogP contribution in [0.4, 0.5) is 0 Å². The molecule has 4 rings (SSSR count). The number of H-pyrrole nitrogens is 1. The minimum absolute atomic E-state index is 1.04. The molecule has 1 saturated heterocycles. The van der Waals surface area contributed by atoms with Crippen molar-refractivity contribution >= 4 is 22.8 Å². The maximum atomic E-state index is 9.10. The summed E-state index contributed by atoms with van der Waals surface area (Å²) in [5, 5.41) is 16.1. The SMILES string of the molecule is Cc1cccc(CN2CCN(Cc3c[nH]c4ccccc34)CC2)c1.O=C(O)C(=O)O. The van der Waals surface area contributed by atoms with Gasteiger partial charge in [0.15, 0.2) is 0 Å². The molecule has 1 fully saturated rings. The van der Waals surface area contributed by atoms with E-state index >= 15 is 0 Å². The van der Waals surface area contributed by atoms with E-state index in [4.69, 9.17) is 19.8 Å². The highest BCUT2D eigenvalue weighted by Gasteiger charge is 2.18. The van der Waals surface area contributed by atoms with Crippen LogP contribution < -0.4 is 0 Å². The van der Waals surface area contributed by atoms with Crippen LogP contribution in [0.5, 0.6) is 0 Å². The standard InChI is InChI=1S/C21H25N3.C2H2O4/c1-17-5-4-6-18(13-17)15-23-9-11-24(12-10-23)16-19-14-22-21-8-3-2-7-20(19)21;3-1(4)2(5)6/h2-8,13-14,22H,9-12,15-16H2,1H3;(H,3,4)(H,5,6). The highest BCUT2D eigenvalue weighted by Crippen LogP contribution is 2.20. The molecular weight excluding hydrogens is 382 g/mol. The maximum Gasteiger partial charge on any atom is 0.414 e. The summed E-state index contributed by atoms with van der Waals surface area (Å²) in [4.78, 5) is 26.7. The molecule has 2 aromatic carbocycles. The molecule has 0 amide bonds. The summed E-state index contributed by atoms with van der Waals surface area (Å²) in [5.41, 5.74) is 5.44. The van der Waals surface area contributed by atoms with Gasteiger partial charge in [-0.3, -0.25) is 9.80 Å². The van der Waals surface area contributed by atoms with Gasteiger partial charge in [-0.25, -0.2) is 9.59 Å². The number of aliphatic carboxylic acids is 2. The number of carbonyl (C=O) groups is 2. The third-order valence-electron chi connectivity index (χ3n) is 5.21. The van der Waals surface area contributed by atoms with Gasteiger partial charge < -0.3 is 15.2 Å². The minimum Gasteiger partial charge on any atom is -0.473 e. The second-order valence-electron chi connectivity index (χ2n) is 7.51. The van der Waals surface area contributed by atoms with Gasteiger partial charge in [0.1, 0.15) is 0 Å². The van der Waals surface area contributed by atoms with Crippen LogP contribution in [0.3, 0.4) is 0 Å². The lowest BCUT2D eigenvalue weighted by atomic mass is 10.1. The Labute approximate surface area is 175 Å². The molecule has 3 N–H and O–H groups in total. The number of hydrogen-bond acceptors (Lipinski definition) is 4. The Morgan fingerprint density at radius 3 is 2.17 bits per heavy atom. The quantitative estimate of drug-likeness (QED) is 0.574. The van der Waals surface area contributed by atoms with E-state index in [1.807, 2.05) is 0 Å². The van der Waals surface area contributed by atoms with Crippen LogP contribution >= 0.6 is 0 Å². The smallest absolute Gasteiger partial charge is 0.414 e. The first kappa shape index (κ1) is 21.5. The van der Waals surface area contributed by atoms with E-state index in [0.717, 1.165) is 39.3 Å². The molecule has 0 atom stereocenters. The fraction of sp³-hybridized carbons (Fsp3) is 0.304. The fourth-order valence-electron chi connectivity index (χ4n) is 3.68. The van der Waals surface area contributed by atoms with Crippen molar-refractivity contribution < 1.29 is 19.8 Å². The van der Waals surface area contributed by atoms with Gasteiger partial charge in [-0.2, -0.15) is 0 Å². The van der Waals surface area contributed by atoms with Crippen molar-refractivity contribution in [3.8, 4) is 0 Å². The molecular formula is C23H27N3O4. The van der Waals surface area contributed by atoms with E-state index in [2.05, 4.69) is 76.4 Å².